The number of amides is 1. The lowest BCUT2D eigenvalue weighted by Gasteiger charge is -2.02. The maximum Gasteiger partial charge on any atom is 0.407 e. The van der Waals surface area contributed by atoms with Gasteiger partial charge in [-0.25, -0.2) is 4.79 Å². The maximum atomic E-state index is 10.5. The summed E-state index contributed by atoms with van der Waals surface area (Å²) in [6.45, 7) is 1.96. The lowest BCUT2D eigenvalue weighted by Crippen LogP contribution is -2.33. The predicted octanol–water partition coefficient (Wildman–Crippen LogP) is -0.521. The number of amidine groups is 1. The first-order chi connectivity index (χ1) is 5.20. The summed E-state index contributed by atoms with van der Waals surface area (Å²) < 4.78 is 4.49. The zero-order valence-corrected chi connectivity index (χ0v) is 6.20. The fourth-order valence-electron chi connectivity index (χ4n) is 0.380. The average Bonchev–Trinajstić information content (AvgIpc) is 2.01. The van der Waals surface area contributed by atoms with Crippen LogP contribution in [0, 0.1) is 0 Å². The van der Waals surface area contributed by atoms with Crippen molar-refractivity contribution in [3.63, 3.8) is 0 Å². The first kappa shape index (κ1) is 9.54. The first-order valence-electron chi connectivity index (χ1n) is 3.07. The van der Waals surface area contributed by atoms with Gasteiger partial charge in [0.2, 0.25) is 0 Å². The van der Waals surface area contributed by atoms with Crippen molar-refractivity contribution >= 4 is 11.9 Å². The molecule has 0 bridgehead atoms. The minimum absolute atomic E-state index is 0.0185. The van der Waals surface area contributed by atoms with Crippen LogP contribution in [0.25, 0.3) is 0 Å². The van der Waals surface area contributed by atoms with Gasteiger partial charge in [0.1, 0.15) is 0 Å². The van der Waals surface area contributed by atoms with Crippen LogP contribution in [0.3, 0.4) is 0 Å². The normalized spacial score (nSPS) is 10.8. The lowest BCUT2D eigenvalue weighted by molar-refractivity contribution is 0.153. The van der Waals surface area contributed by atoms with Gasteiger partial charge in [0.05, 0.1) is 13.2 Å². The average molecular weight is 161 g/mol. The van der Waals surface area contributed by atoms with E-state index in [0.717, 1.165) is 0 Å². The van der Waals surface area contributed by atoms with Crippen LogP contribution < -0.4 is 11.1 Å². The standard InChI is InChI=1S/C5H11N3O3/c1-2-11-5(9)7-3-4(6)8-10/h10H,2-3H2,1H3,(H2,6,8)(H,7,9). The van der Waals surface area contributed by atoms with E-state index in [-0.39, 0.29) is 12.4 Å². The van der Waals surface area contributed by atoms with Crippen molar-refractivity contribution in [2.45, 2.75) is 6.92 Å². The van der Waals surface area contributed by atoms with Gasteiger partial charge in [0, 0.05) is 0 Å². The van der Waals surface area contributed by atoms with Crippen LogP contribution in [0.1, 0.15) is 6.92 Å². The van der Waals surface area contributed by atoms with E-state index in [1.807, 2.05) is 0 Å². The zero-order valence-electron chi connectivity index (χ0n) is 6.20. The van der Waals surface area contributed by atoms with Gasteiger partial charge >= 0.3 is 6.09 Å². The summed E-state index contributed by atoms with van der Waals surface area (Å²) in [5.41, 5.74) is 5.05. The summed E-state index contributed by atoms with van der Waals surface area (Å²) in [5.74, 6) is -0.0712. The minimum Gasteiger partial charge on any atom is -0.450 e. The number of hydrogen-bond acceptors (Lipinski definition) is 4. The van der Waals surface area contributed by atoms with E-state index in [2.05, 4.69) is 15.2 Å². The van der Waals surface area contributed by atoms with Crippen LogP contribution in [0.4, 0.5) is 4.79 Å². The van der Waals surface area contributed by atoms with Crippen LogP contribution in [0.2, 0.25) is 0 Å². The van der Waals surface area contributed by atoms with Crippen molar-refractivity contribution in [1.82, 2.24) is 5.32 Å². The molecule has 0 heterocycles. The summed E-state index contributed by atoms with van der Waals surface area (Å²) in [7, 11) is 0. The second-order valence-corrected chi connectivity index (χ2v) is 1.67. The Morgan fingerprint density at radius 3 is 2.91 bits per heavy atom. The van der Waals surface area contributed by atoms with E-state index in [1.165, 1.54) is 0 Å². The fraction of sp³-hybridized carbons (Fsp3) is 0.600. The molecule has 0 saturated carbocycles. The fourth-order valence-corrected chi connectivity index (χ4v) is 0.380. The Morgan fingerprint density at radius 1 is 1.82 bits per heavy atom. The van der Waals surface area contributed by atoms with Gasteiger partial charge in [-0.2, -0.15) is 0 Å². The summed E-state index contributed by atoms with van der Waals surface area (Å²) in [4.78, 5) is 10.5. The third-order valence-corrected chi connectivity index (χ3v) is 0.818. The highest BCUT2D eigenvalue weighted by atomic mass is 16.5. The summed E-state index contributed by atoms with van der Waals surface area (Å²) in [6.07, 6.45) is -0.584. The molecule has 0 spiro atoms. The third-order valence-electron chi connectivity index (χ3n) is 0.818. The molecule has 6 nitrogen and oxygen atoms in total. The Morgan fingerprint density at radius 2 is 2.45 bits per heavy atom. The highest BCUT2D eigenvalue weighted by Gasteiger charge is 1.99. The highest BCUT2D eigenvalue weighted by Crippen LogP contribution is 1.74. The van der Waals surface area contributed by atoms with Crippen LogP contribution in [-0.4, -0.2) is 30.3 Å². The summed E-state index contributed by atoms with van der Waals surface area (Å²) in [6, 6.07) is 0. The number of ether oxygens (including phenoxy) is 1. The predicted molar refractivity (Wildman–Crippen MR) is 38.4 cm³/mol. The number of oxime groups is 1. The van der Waals surface area contributed by atoms with Crippen molar-refractivity contribution in [3.05, 3.63) is 0 Å². The Kier molecular flexibility index (Phi) is 4.63. The number of carbonyl (C=O) groups is 1. The summed E-state index contributed by atoms with van der Waals surface area (Å²) >= 11 is 0. The van der Waals surface area contributed by atoms with Crippen molar-refractivity contribution in [3.8, 4) is 0 Å². The first-order valence-corrected chi connectivity index (χ1v) is 3.07. The molecule has 0 aliphatic carbocycles. The molecule has 0 atom stereocenters. The van der Waals surface area contributed by atoms with Crippen molar-refractivity contribution in [2.24, 2.45) is 10.9 Å². The van der Waals surface area contributed by atoms with E-state index >= 15 is 0 Å². The number of carbonyl (C=O) groups excluding carboxylic acids is 1. The highest BCUT2D eigenvalue weighted by molar-refractivity contribution is 5.84. The van der Waals surface area contributed by atoms with E-state index in [0.29, 0.717) is 6.61 Å². The van der Waals surface area contributed by atoms with E-state index in [1.54, 1.807) is 6.92 Å². The molecule has 6 heteroatoms. The number of rotatable bonds is 3. The zero-order chi connectivity index (χ0) is 8.69. The Bertz CT molecular complexity index is 157. The van der Waals surface area contributed by atoms with Gasteiger partial charge in [0.15, 0.2) is 5.84 Å². The van der Waals surface area contributed by atoms with Crippen LogP contribution in [-0.2, 0) is 4.74 Å². The van der Waals surface area contributed by atoms with Crippen LogP contribution in [0.15, 0.2) is 5.16 Å². The van der Waals surface area contributed by atoms with Crippen molar-refractivity contribution < 1.29 is 14.7 Å². The lowest BCUT2D eigenvalue weighted by atomic mass is 10.6. The van der Waals surface area contributed by atoms with E-state index in [9.17, 15) is 4.79 Å². The number of hydrogen-bond donors (Lipinski definition) is 3. The van der Waals surface area contributed by atoms with Crippen molar-refractivity contribution in [2.75, 3.05) is 13.2 Å². The Labute approximate surface area is 64.0 Å². The molecule has 0 aromatic carbocycles. The molecular weight excluding hydrogens is 150 g/mol. The SMILES string of the molecule is CCOC(=O)NC/C(N)=N/O. The largest absolute Gasteiger partial charge is 0.450 e. The van der Waals surface area contributed by atoms with Crippen molar-refractivity contribution in [1.29, 1.82) is 0 Å². The molecule has 0 aliphatic rings. The molecule has 0 unspecified atom stereocenters. The molecular formula is C5H11N3O3. The van der Waals surface area contributed by atoms with E-state index < -0.39 is 6.09 Å². The smallest absolute Gasteiger partial charge is 0.407 e. The monoisotopic (exact) mass is 161 g/mol. The topological polar surface area (TPSA) is 96.9 Å². The van der Waals surface area contributed by atoms with Gasteiger partial charge in [-0.3, -0.25) is 0 Å². The molecule has 11 heavy (non-hydrogen) atoms. The van der Waals surface area contributed by atoms with E-state index in [4.69, 9.17) is 10.9 Å². The molecule has 0 aliphatic heterocycles. The van der Waals surface area contributed by atoms with Crippen LogP contribution >= 0.6 is 0 Å². The number of nitrogens with one attached hydrogen (secondary N) is 1. The Hall–Kier alpha value is -1.46. The summed E-state index contributed by atoms with van der Waals surface area (Å²) in [5, 5.41) is 13.0. The molecule has 0 radical (unpaired) electrons. The van der Waals surface area contributed by atoms with Gasteiger partial charge < -0.3 is 21.0 Å². The van der Waals surface area contributed by atoms with Gasteiger partial charge in [0.25, 0.3) is 0 Å². The molecule has 0 fully saturated rings. The van der Waals surface area contributed by atoms with Gasteiger partial charge in [-0.1, -0.05) is 5.16 Å². The number of nitrogens with zero attached hydrogens (tertiary/aromatic N) is 1. The van der Waals surface area contributed by atoms with Gasteiger partial charge in [-0.15, -0.1) is 0 Å². The quantitative estimate of drug-likeness (QED) is 0.224. The number of alkyl carbamates (subject to hydrolysis) is 1. The third kappa shape index (κ3) is 5.01. The second kappa shape index (κ2) is 5.33. The molecule has 0 rings (SSSR count). The number of nitrogens with two attached hydrogens (primary N) is 1. The molecule has 0 saturated heterocycles. The van der Waals surface area contributed by atoms with Gasteiger partial charge in [-0.05, 0) is 6.92 Å². The maximum absolute atomic E-state index is 10.5. The molecule has 4 N–H and O–H groups in total. The minimum atomic E-state index is -0.584. The molecule has 64 valence electrons. The molecule has 1 amide bonds. The molecule has 0 aromatic heterocycles. The second-order valence-electron chi connectivity index (χ2n) is 1.67. The molecule has 0 aromatic rings. The Balaban J connectivity index is 3.46. The van der Waals surface area contributed by atoms with Crippen LogP contribution in [0.5, 0.6) is 0 Å².